The summed E-state index contributed by atoms with van der Waals surface area (Å²) in [7, 11) is 0. The number of nitrogens with one attached hydrogen (secondary N) is 1. The van der Waals surface area contributed by atoms with Gasteiger partial charge in [-0.05, 0) is 12.1 Å². The molecule has 1 heterocycles. The van der Waals surface area contributed by atoms with Crippen LogP contribution in [0, 0.1) is 0 Å². The Morgan fingerprint density at radius 1 is 1.29 bits per heavy atom. The molecular formula is C11H12ClF3N2. The van der Waals surface area contributed by atoms with Gasteiger partial charge in [0.05, 0.1) is 10.7 Å². The minimum absolute atomic E-state index is 0.102. The molecule has 1 fully saturated rings. The zero-order chi connectivity index (χ0) is 12.5. The van der Waals surface area contributed by atoms with Crippen LogP contribution in [0.15, 0.2) is 24.3 Å². The van der Waals surface area contributed by atoms with Crippen molar-refractivity contribution in [3.8, 4) is 0 Å². The molecule has 2 nitrogen and oxygen atoms in total. The van der Waals surface area contributed by atoms with Gasteiger partial charge in [0.1, 0.15) is 6.04 Å². The third-order valence-corrected chi connectivity index (χ3v) is 3.10. The van der Waals surface area contributed by atoms with Gasteiger partial charge in [0.15, 0.2) is 0 Å². The molecule has 1 aromatic rings. The van der Waals surface area contributed by atoms with Gasteiger partial charge in [-0.1, -0.05) is 23.7 Å². The van der Waals surface area contributed by atoms with Crippen LogP contribution < -0.4 is 10.2 Å². The molecule has 0 radical (unpaired) electrons. The van der Waals surface area contributed by atoms with Crippen LogP contribution in [-0.2, 0) is 0 Å². The SMILES string of the molecule is FC(F)(F)C1CNCCN1c1ccccc1Cl. The second-order valence-electron chi connectivity index (χ2n) is 3.91. The summed E-state index contributed by atoms with van der Waals surface area (Å²) in [5.41, 5.74) is 0.443. The van der Waals surface area contributed by atoms with Crippen molar-refractivity contribution >= 4 is 17.3 Å². The molecule has 94 valence electrons. The number of nitrogens with zero attached hydrogens (tertiary/aromatic N) is 1. The Kier molecular flexibility index (Phi) is 3.49. The van der Waals surface area contributed by atoms with E-state index in [0.29, 0.717) is 23.8 Å². The topological polar surface area (TPSA) is 15.3 Å². The lowest BCUT2D eigenvalue weighted by atomic mass is 10.1. The van der Waals surface area contributed by atoms with Gasteiger partial charge < -0.3 is 10.2 Å². The molecular weight excluding hydrogens is 253 g/mol. The summed E-state index contributed by atoms with van der Waals surface area (Å²) < 4.78 is 38.7. The average molecular weight is 265 g/mol. The van der Waals surface area contributed by atoms with E-state index < -0.39 is 12.2 Å². The third-order valence-electron chi connectivity index (χ3n) is 2.78. The Hall–Kier alpha value is -0.940. The quantitative estimate of drug-likeness (QED) is 0.839. The number of rotatable bonds is 1. The summed E-state index contributed by atoms with van der Waals surface area (Å²) in [6.45, 7) is 0.723. The molecule has 1 unspecified atom stereocenters. The minimum atomic E-state index is -4.26. The Balaban J connectivity index is 2.32. The molecule has 0 aromatic heterocycles. The number of halogens is 4. The highest BCUT2D eigenvalue weighted by molar-refractivity contribution is 6.33. The zero-order valence-electron chi connectivity index (χ0n) is 8.97. The maximum Gasteiger partial charge on any atom is 0.409 e. The first-order chi connectivity index (χ1) is 8.00. The van der Waals surface area contributed by atoms with Crippen molar-refractivity contribution in [2.45, 2.75) is 12.2 Å². The van der Waals surface area contributed by atoms with E-state index in [9.17, 15) is 13.2 Å². The number of para-hydroxylation sites is 1. The highest BCUT2D eigenvalue weighted by Crippen LogP contribution is 2.33. The van der Waals surface area contributed by atoms with Gasteiger partial charge in [0.2, 0.25) is 0 Å². The summed E-state index contributed by atoms with van der Waals surface area (Å²) in [4.78, 5) is 1.32. The fraction of sp³-hybridized carbons (Fsp3) is 0.455. The predicted molar refractivity (Wildman–Crippen MR) is 61.5 cm³/mol. The molecule has 0 spiro atoms. The molecule has 1 atom stereocenters. The van der Waals surface area contributed by atoms with Crippen molar-refractivity contribution in [2.75, 3.05) is 24.5 Å². The summed E-state index contributed by atoms with van der Waals surface area (Å²) in [5, 5.41) is 3.11. The van der Waals surface area contributed by atoms with E-state index >= 15 is 0 Å². The van der Waals surface area contributed by atoms with E-state index in [1.807, 2.05) is 0 Å². The second kappa shape index (κ2) is 4.74. The van der Waals surface area contributed by atoms with Crippen LogP contribution >= 0.6 is 11.6 Å². The predicted octanol–water partition coefficient (Wildman–Crippen LogP) is 2.68. The van der Waals surface area contributed by atoms with Gasteiger partial charge in [-0.3, -0.25) is 0 Å². The number of piperazine rings is 1. The van der Waals surface area contributed by atoms with Crippen LogP contribution in [0.1, 0.15) is 0 Å². The lowest BCUT2D eigenvalue weighted by Crippen LogP contribution is -2.58. The van der Waals surface area contributed by atoms with Gasteiger partial charge in [0.25, 0.3) is 0 Å². The molecule has 1 aliphatic rings. The van der Waals surface area contributed by atoms with Gasteiger partial charge in [-0.2, -0.15) is 13.2 Å². The van der Waals surface area contributed by atoms with Crippen LogP contribution in [0.25, 0.3) is 0 Å². The van der Waals surface area contributed by atoms with Crippen LogP contribution in [0.2, 0.25) is 5.02 Å². The summed E-state index contributed by atoms with van der Waals surface area (Å²) in [6, 6.07) is 5.10. The second-order valence-corrected chi connectivity index (χ2v) is 4.31. The largest absolute Gasteiger partial charge is 0.409 e. The number of hydrogen-bond donors (Lipinski definition) is 1. The van der Waals surface area contributed by atoms with E-state index in [1.165, 1.54) is 4.90 Å². The van der Waals surface area contributed by atoms with Crippen molar-refractivity contribution < 1.29 is 13.2 Å². The highest BCUT2D eigenvalue weighted by atomic mass is 35.5. The van der Waals surface area contributed by atoms with Crippen LogP contribution in [0.4, 0.5) is 18.9 Å². The zero-order valence-corrected chi connectivity index (χ0v) is 9.72. The van der Waals surface area contributed by atoms with E-state index in [2.05, 4.69) is 5.32 Å². The van der Waals surface area contributed by atoms with Crippen molar-refractivity contribution in [2.24, 2.45) is 0 Å². The molecule has 1 N–H and O–H groups in total. The van der Waals surface area contributed by atoms with Crippen LogP contribution in [0.5, 0.6) is 0 Å². The fourth-order valence-corrected chi connectivity index (χ4v) is 2.21. The molecule has 17 heavy (non-hydrogen) atoms. The van der Waals surface area contributed by atoms with Gasteiger partial charge >= 0.3 is 6.18 Å². The van der Waals surface area contributed by atoms with E-state index in [0.717, 1.165) is 0 Å². The van der Waals surface area contributed by atoms with E-state index in [4.69, 9.17) is 11.6 Å². The van der Waals surface area contributed by atoms with Crippen LogP contribution in [-0.4, -0.2) is 31.9 Å². The van der Waals surface area contributed by atoms with Gasteiger partial charge in [-0.25, -0.2) is 0 Å². The lowest BCUT2D eigenvalue weighted by Gasteiger charge is -2.39. The number of alkyl halides is 3. The lowest BCUT2D eigenvalue weighted by molar-refractivity contribution is -0.149. The number of hydrogen-bond acceptors (Lipinski definition) is 2. The maximum absolute atomic E-state index is 12.9. The molecule has 1 aliphatic heterocycles. The Morgan fingerprint density at radius 2 is 2.00 bits per heavy atom. The number of anilines is 1. The van der Waals surface area contributed by atoms with Crippen molar-refractivity contribution in [3.05, 3.63) is 29.3 Å². The first kappa shape index (κ1) is 12.5. The summed E-state index contributed by atoms with van der Waals surface area (Å²) in [5.74, 6) is 0. The van der Waals surface area contributed by atoms with Gasteiger partial charge in [-0.15, -0.1) is 0 Å². The van der Waals surface area contributed by atoms with Crippen molar-refractivity contribution in [1.29, 1.82) is 0 Å². The van der Waals surface area contributed by atoms with Crippen LogP contribution in [0.3, 0.4) is 0 Å². The fourth-order valence-electron chi connectivity index (χ4n) is 1.97. The van der Waals surface area contributed by atoms with Crippen molar-refractivity contribution in [1.82, 2.24) is 5.32 Å². The van der Waals surface area contributed by atoms with E-state index in [-0.39, 0.29) is 6.54 Å². The van der Waals surface area contributed by atoms with Gasteiger partial charge in [0, 0.05) is 19.6 Å². The Labute approximate surface area is 102 Å². The van der Waals surface area contributed by atoms with E-state index in [1.54, 1.807) is 24.3 Å². The molecule has 2 rings (SSSR count). The third kappa shape index (κ3) is 2.66. The summed E-state index contributed by atoms with van der Waals surface area (Å²) in [6.07, 6.45) is -4.26. The number of benzene rings is 1. The molecule has 0 amide bonds. The molecule has 0 bridgehead atoms. The Bertz CT molecular complexity index is 395. The molecule has 0 aliphatic carbocycles. The summed E-state index contributed by atoms with van der Waals surface area (Å²) >= 11 is 5.94. The normalized spacial score (nSPS) is 21.6. The first-order valence-corrected chi connectivity index (χ1v) is 5.66. The first-order valence-electron chi connectivity index (χ1n) is 5.29. The highest BCUT2D eigenvalue weighted by Gasteiger charge is 2.45. The molecule has 1 aromatic carbocycles. The molecule has 1 saturated heterocycles. The molecule has 6 heteroatoms. The average Bonchev–Trinajstić information content (AvgIpc) is 2.28. The minimum Gasteiger partial charge on any atom is -0.356 e. The monoisotopic (exact) mass is 264 g/mol. The Morgan fingerprint density at radius 3 is 2.65 bits per heavy atom. The molecule has 0 saturated carbocycles. The standard InChI is InChI=1S/C11H12ClF3N2/c12-8-3-1-2-4-9(8)17-6-5-16-7-10(17)11(13,14)15/h1-4,10,16H,5-7H2. The maximum atomic E-state index is 12.9. The van der Waals surface area contributed by atoms with Crippen molar-refractivity contribution in [3.63, 3.8) is 0 Å². The smallest absolute Gasteiger partial charge is 0.356 e.